The van der Waals surface area contributed by atoms with Gasteiger partial charge in [-0.3, -0.25) is 9.78 Å². The smallest absolute Gasteiger partial charge is 0.251 e. The summed E-state index contributed by atoms with van der Waals surface area (Å²) in [7, 11) is 0. The molecule has 0 aliphatic carbocycles. The van der Waals surface area contributed by atoms with Crippen LogP contribution in [0.5, 0.6) is 0 Å². The molecule has 0 fully saturated rings. The first-order valence-corrected chi connectivity index (χ1v) is 12.2. The molecule has 0 bridgehead atoms. The molecule has 5 aromatic rings. The fourth-order valence-corrected chi connectivity index (χ4v) is 4.76. The van der Waals surface area contributed by atoms with E-state index in [1.54, 1.807) is 36.3 Å². The number of aromatic nitrogens is 3. The standard InChI is InChI=1S/C28H23FN4OS/c29-24-9-5-4-8-23(24)18-33-26-17-30-15-14-25(26)32-28(33)35-19-21-10-12-22(13-11-21)27(34)31-16-20-6-2-1-3-7-20/h1-15,17H,16,18-19H2,(H,31,34). The van der Waals surface area contributed by atoms with E-state index in [4.69, 9.17) is 4.98 Å². The summed E-state index contributed by atoms with van der Waals surface area (Å²) in [5.41, 5.74) is 5.03. The van der Waals surface area contributed by atoms with Gasteiger partial charge in [0, 0.05) is 29.6 Å². The summed E-state index contributed by atoms with van der Waals surface area (Å²) >= 11 is 1.57. The van der Waals surface area contributed by atoms with E-state index in [9.17, 15) is 9.18 Å². The number of pyridine rings is 1. The number of rotatable bonds is 8. The number of hydrogen-bond acceptors (Lipinski definition) is 4. The highest BCUT2D eigenvalue weighted by molar-refractivity contribution is 7.98. The molecule has 2 heterocycles. The second kappa shape index (κ2) is 10.5. The maximum atomic E-state index is 14.3. The van der Waals surface area contributed by atoms with Gasteiger partial charge in [-0.2, -0.15) is 0 Å². The normalized spacial score (nSPS) is 11.0. The molecule has 0 aliphatic rings. The molecule has 7 heteroatoms. The minimum atomic E-state index is -0.240. The van der Waals surface area contributed by atoms with Crippen LogP contribution in [0.15, 0.2) is 102 Å². The maximum Gasteiger partial charge on any atom is 0.251 e. The third-order valence-electron chi connectivity index (χ3n) is 5.68. The van der Waals surface area contributed by atoms with Gasteiger partial charge in [0.05, 0.1) is 23.8 Å². The number of carbonyl (C=O) groups excluding carboxylic acids is 1. The average molecular weight is 483 g/mol. The minimum Gasteiger partial charge on any atom is -0.348 e. The van der Waals surface area contributed by atoms with Crippen molar-refractivity contribution in [2.75, 3.05) is 0 Å². The van der Waals surface area contributed by atoms with Gasteiger partial charge in [0.25, 0.3) is 5.91 Å². The van der Waals surface area contributed by atoms with Crippen LogP contribution in [0.2, 0.25) is 0 Å². The van der Waals surface area contributed by atoms with Gasteiger partial charge in [-0.15, -0.1) is 0 Å². The van der Waals surface area contributed by atoms with Crippen molar-refractivity contribution in [3.8, 4) is 0 Å². The molecule has 174 valence electrons. The minimum absolute atomic E-state index is 0.104. The summed E-state index contributed by atoms with van der Waals surface area (Å²) in [5, 5.41) is 3.74. The largest absolute Gasteiger partial charge is 0.348 e. The highest BCUT2D eigenvalue weighted by Gasteiger charge is 2.14. The Bertz CT molecular complexity index is 1450. The Labute approximate surface area is 207 Å². The number of fused-ring (bicyclic) bond motifs is 1. The molecule has 0 aliphatic heterocycles. The molecule has 0 unspecified atom stereocenters. The number of benzene rings is 3. The van der Waals surface area contributed by atoms with E-state index in [2.05, 4.69) is 10.3 Å². The Morgan fingerprint density at radius 1 is 0.914 bits per heavy atom. The van der Waals surface area contributed by atoms with Gasteiger partial charge in [0.2, 0.25) is 0 Å². The van der Waals surface area contributed by atoms with Crippen LogP contribution in [0.1, 0.15) is 27.0 Å². The third kappa shape index (κ3) is 5.41. The van der Waals surface area contributed by atoms with E-state index in [1.165, 1.54) is 6.07 Å². The molecule has 2 aromatic heterocycles. The number of halogens is 1. The second-order valence-corrected chi connectivity index (χ2v) is 9.03. The molecular weight excluding hydrogens is 459 g/mol. The topological polar surface area (TPSA) is 59.8 Å². The van der Waals surface area contributed by atoms with E-state index in [1.807, 2.05) is 71.3 Å². The molecule has 1 N–H and O–H groups in total. The summed E-state index contributed by atoms with van der Waals surface area (Å²) in [4.78, 5) is 21.5. The van der Waals surface area contributed by atoms with Crippen molar-refractivity contribution in [3.63, 3.8) is 0 Å². The number of nitrogens with one attached hydrogen (secondary N) is 1. The van der Waals surface area contributed by atoms with Gasteiger partial charge >= 0.3 is 0 Å². The van der Waals surface area contributed by atoms with Crippen molar-refractivity contribution in [3.05, 3.63) is 125 Å². The zero-order valence-electron chi connectivity index (χ0n) is 18.9. The zero-order valence-corrected chi connectivity index (χ0v) is 19.7. The number of hydrogen-bond donors (Lipinski definition) is 1. The summed E-state index contributed by atoms with van der Waals surface area (Å²) < 4.78 is 16.3. The van der Waals surface area contributed by atoms with Crippen molar-refractivity contribution < 1.29 is 9.18 Å². The van der Waals surface area contributed by atoms with E-state index in [0.29, 0.717) is 30.0 Å². The Kier molecular flexibility index (Phi) is 6.86. The maximum absolute atomic E-state index is 14.3. The van der Waals surface area contributed by atoms with E-state index in [0.717, 1.165) is 27.3 Å². The van der Waals surface area contributed by atoms with Crippen molar-refractivity contribution in [2.45, 2.75) is 24.0 Å². The summed E-state index contributed by atoms with van der Waals surface area (Å²) in [5.74, 6) is 0.322. The molecular formula is C28H23FN4OS. The van der Waals surface area contributed by atoms with Crippen molar-refractivity contribution in [1.29, 1.82) is 0 Å². The predicted molar refractivity (Wildman–Crippen MR) is 137 cm³/mol. The Hall–Kier alpha value is -3.97. The fraction of sp³-hybridized carbons (Fsp3) is 0.107. The van der Waals surface area contributed by atoms with Crippen LogP contribution in [0.4, 0.5) is 4.39 Å². The van der Waals surface area contributed by atoms with E-state index < -0.39 is 0 Å². The monoisotopic (exact) mass is 482 g/mol. The summed E-state index contributed by atoms with van der Waals surface area (Å²) in [6.07, 6.45) is 3.47. The van der Waals surface area contributed by atoms with E-state index in [-0.39, 0.29) is 11.7 Å². The van der Waals surface area contributed by atoms with Gasteiger partial charge in [0.1, 0.15) is 5.82 Å². The highest BCUT2D eigenvalue weighted by Crippen LogP contribution is 2.28. The van der Waals surface area contributed by atoms with Gasteiger partial charge in [-0.25, -0.2) is 9.37 Å². The van der Waals surface area contributed by atoms with Crippen molar-refractivity contribution in [1.82, 2.24) is 19.9 Å². The molecule has 0 saturated heterocycles. The van der Waals surface area contributed by atoms with Crippen LogP contribution in [-0.2, 0) is 18.8 Å². The molecule has 0 spiro atoms. The van der Waals surface area contributed by atoms with Crippen LogP contribution in [0.3, 0.4) is 0 Å². The fourth-order valence-electron chi connectivity index (χ4n) is 3.79. The molecule has 5 rings (SSSR count). The van der Waals surface area contributed by atoms with Crippen LogP contribution < -0.4 is 5.32 Å². The summed E-state index contributed by atoms with van der Waals surface area (Å²) in [6.45, 7) is 0.863. The highest BCUT2D eigenvalue weighted by atomic mass is 32.2. The zero-order chi connectivity index (χ0) is 24.0. The average Bonchev–Trinajstić information content (AvgIpc) is 3.25. The van der Waals surface area contributed by atoms with Gasteiger partial charge in [0.15, 0.2) is 5.16 Å². The number of amides is 1. The Morgan fingerprint density at radius 3 is 2.49 bits per heavy atom. The Balaban J connectivity index is 1.28. The molecule has 5 nitrogen and oxygen atoms in total. The lowest BCUT2D eigenvalue weighted by molar-refractivity contribution is 0.0951. The number of thioether (sulfide) groups is 1. The van der Waals surface area contributed by atoms with Crippen LogP contribution >= 0.6 is 11.8 Å². The molecule has 3 aromatic carbocycles. The van der Waals surface area contributed by atoms with Crippen molar-refractivity contribution >= 4 is 28.7 Å². The molecule has 0 atom stereocenters. The predicted octanol–water partition coefficient (Wildman–Crippen LogP) is 5.84. The molecule has 35 heavy (non-hydrogen) atoms. The number of nitrogens with zero attached hydrogens (tertiary/aromatic N) is 3. The van der Waals surface area contributed by atoms with Gasteiger partial charge < -0.3 is 9.88 Å². The number of carbonyl (C=O) groups is 1. The van der Waals surface area contributed by atoms with Crippen LogP contribution in [0.25, 0.3) is 11.0 Å². The van der Waals surface area contributed by atoms with Crippen LogP contribution in [0, 0.1) is 5.82 Å². The van der Waals surface area contributed by atoms with Crippen LogP contribution in [-0.4, -0.2) is 20.4 Å². The first-order valence-electron chi connectivity index (χ1n) is 11.2. The second-order valence-electron chi connectivity index (χ2n) is 8.09. The first kappa shape index (κ1) is 22.8. The van der Waals surface area contributed by atoms with E-state index >= 15 is 0 Å². The lowest BCUT2D eigenvalue weighted by Gasteiger charge is -2.10. The summed E-state index contributed by atoms with van der Waals surface area (Å²) in [6, 6.07) is 26.0. The third-order valence-corrected chi connectivity index (χ3v) is 6.73. The van der Waals surface area contributed by atoms with Gasteiger partial charge in [-0.1, -0.05) is 72.4 Å². The lowest BCUT2D eigenvalue weighted by Crippen LogP contribution is -2.22. The van der Waals surface area contributed by atoms with Crippen molar-refractivity contribution in [2.24, 2.45) is 0 Å². The van der Waals surface area contributed by atoms with Gasteiger partial charge in [-0.05, 0) is 35.4 Å². The molecule has 0 radical (unpaired) electrons. The molecule has 0 saturated carbocycles. The Morgan fingerprint density at radius 2 is 1.69 bits per heavy atom. The lowest BCUT2D eigenvalue weighted by atomic mass is 10.1. The number of imidazole rings is 1. The quantitative estimate of drug-likeness (QED) is 0.282. The first-order chi connectivity index (χ1) is 17.2. The SMILES string of the molecule is O=C(NCc1ccccc1)c1ccc(CSc2nc3ccncc3n2Cc2ccccc2F)cc1. The molecule has 1 amide bonds.